The van der Waals surface area contributed by atoms with Crippen LogP contribution < -0.4 is 10.6 Å². The summed E-state index contributed by atoms with van der Waals surface area (Å²) in [6.07, 6.45) is 6.44. The van der Waals surface area contributed by atoms with Crippen LogP contribution in [0.3, 0.4) is 0 Å². The average molecular weight is 337 g/mol. The Morgan fingerprint density at radius 1 is 1.12 bits per heavy atom. The molecule has 1 aromatic heterocycles. The Balaban J connectivity index is 1.75. The van der Waals surface area contributed by atoms with Crippen LogP contribution in [0.4, 0.5) is 5.82 Å². The first-order valence-corrected chi connectivity index (χ1v) is 8.34. The molecule has 3 rings (SSSR count). The summed E-state index contributed by atoms with van der Waals surface area (Å²) < 4.78 is 1.43. The predicted molar refractivity (Wildman–Crippen MR) is 91.9 cm³/mol. The van der Waals surface area contributed by atoms with E-state index in [0.717, 1.165) is 25.7 Å². The molecule has 1 heterocycles. The van der Waals surface area contributed by atoms with E-state index in [-0.39, 0.29) is 17.4 Å². The number of para-hydroxylation sites is 1. The SMILES string of the molecule is N#Cc1cnn(-c2ccccc2)c1NC(=O)C(=O)NC1CCCCC1. The standard InChI is InChI=1S/C18H19N5O2/c19-11-13-12-20-23(15-9-5-2-6-10-15)16(13)22-18(25)17(24)21-14-7-3-1-4-8-14/h2,5-6,9-10,12,14H,1,3-4,7-8H2,(H,21,24)(H,22,25). The van der Waals surface area contributed by atoms with Crippen molar-refractivity contribution in [2.75, 3.05) is 5.32 Å². The zero-order valence-electron chi connectivity index (χ0n) is 13.7. The number of anilines is 1. The topological polar surface area (TPSA) is 99.8 Å². The van der Waals surface area contributed by atoms with Crippen molar-refractivity contribution in [1.29, 1.82) is 5.26 Å². The maximum Gasteiger partial charge on any atom is 0.314 e. The van der Waals surface area contributed by atoms with Crippen LogP contribution in [0.2, 0.25) is 0 Å². The molecule has 25 heavy (non-hydrogen) atoms. The van der Waals surface area contributed by atoms with E-state index in [1.165, 1.54) is 17.3 Å². The van der Waals surface area contributed by atoms with Crippen molar-refractivity contribution in [2.45, 2.75) is 38.1 Å². The van der Waals surface area contributed by atoms with Gasteiger partial charge in [0, 0.05) is 6.04 Å². The van der Waals surface area contributed by atoms with Gasteiger partial charge in [-0.1, -0.05) is 37.5 Å². The minimum absolute atomic E-state index is 0.0430. The fourth-order valence-corrected chi connectivity index (χ4v) is 2.98. The van der Waals surface area contributed by atoms with E-state index in [1.807, 2.05) is 24.3 Å². The van der Waals surface area contributed by atoms with Crippen LogP contribution in [0.5, 0.6) is 0 Å². The first-order chi connectivity index (χ1) is 12.2. The molecule has 1 saturated carbocycles. The van der Waals surface area contributed by atoms with Crippen molar-refractivity contribution in [3.8, 4) is 11.8 Å². The number of carbonyl (C=O) groups is 2. The molecule has 1 aliphatic rings. The number of carbonyl (C=O) groups excluding carboxylic acids is 2. The Kier molecular flexibility index (Phi) is 5.09. The first kappa shape index (κ1) is 16.7. The molecule has 0 radical (unpaired) electrons. The van der Waals surface area contributed by atoms with Crippen LogP contribution in [0.1, 0.15) is 37.7 Å². The van der Waals surface area contributed by atoms with Gasteiger partial charge in [0.15, 0.2) is 5.82 Å². The van der Waals surface area contributed by atoms with Gasteiger partial charge in [0.05, 0.1) is 11.9 Å². The Morgan fingerprint density at radius 3 is 2.52 bits per heavy atom. The molecule has 2 N–H and O–H groups in total. The molecule has 0 spiro atoms. The highest BCUT2D eigenvalue weighted by Crippen LogP contribution is 2.20. The minimum atomic E-state index is -0.792. The molecule has 0 aliphatic heterocycles. The number of nitrogens with one attached hydrogen (secondary N) is 2. The van der Waals surface area contributed by atoms with Crippen LogP contribution >= 0.6 is 0 Å². The number of nitriles is 1. The lowest BCUT2D eigenvalue weighted by Gasteiger charge is -2.22. The summed E-state index contributed by atoms with van der Waals surface area (Å²) in [5.41, 5.74) is 0.884. The van der Waals surface area contributed by atoms with E-state index in [9.17, 15) is 14.9 Å². The van der Waals surface area contributed by atoms with Gasteiger partial charge in [0.1, 0.15) is 11.6 Å². The van der Waals surface area contributed by atoms with Crippen molar-refractivity contribution in [2.24, 2.45) is 0 Å². The van der Waals surface area contributed by atoms with Crippen molar-refractivity contribution in [3.63, 3.8) is 0 Å². The third kappa shape index (κ3) is 3.86. The molecule has 2 amide bonds. The maximum atomic E-state index is 12.3. The molecule has 0 bridgehead atoms. The summed E-state index contributed by atoms with van der Waals surface area (Å²) in [7, 11) is 0. The number of aromatic nitrogens is 2. The molecule has 7 nitrogen and oxygen atoms in total. The van der Waals surface area contributed by atoms with Gasteiger partial charge in [-0.05, 0) is 25.0 Å². The number of hydrogen-bond acceptors (Lipinski definition) is 4. The van der Waals surface area contributed by atoms with Crippen molar-refractivity contribution in [1.82, 2.24) is 15.1 Å². The summed E-state index contributed by atoms with van der Waals surface area (Å²) in [4.78, 5) is 24.4. The zero-order valence-corrected chi connectivity index (χ0v) is 13.7. The third-order valence-corrected chi connectivity index (χ3v) is 4.27. The van der Waals surface area contributed by atoms with E-state index in [1.54, 1.807) is 12.1 Å². The Hall–Kier alpha value is -3.14. The normalized spacial score (nSPS) is 14.5. The smallest absolute Gasteiger partial charge is 0.314 e. The number of nitrogens with zero attached hydrogens (tertiary/aromatic N) is 3. The van der Waals surface area contributed by atoms with Gasteiger partial charge < -0.3 is 10.6 Å². The van der Waals surface area contributed by atoms with Crippen molar-refractivity contribution >= 4 is 17.6 Å². The number of rotatable bonds is 3. The van der Waals surface area contributed by atoms with Gasteiger partial charge in [-0.2, -0.15) is 10.4 Å². The minimum Gasteiger partial charge on any atom is -0.345 e. The molecular formula is C18H19N5O2. The van der Waals surface area contributed by atoms with E-state index < -0.39 is 11.8 Å². The second-order valence-electron chi connectivity index (χ2n) is 6.03. The lowest BCUT2D eigenvalue weighted by molar-refractivity contribution is -0.136. The fourth-order valence-electron chi connectivity index (χ4n) is 2.98. The summed E-state index contributed by atoms with van der Waals surface area (Å²) in [6, 6.07) is 11.1. The summed E-state index contributed by atoms with van der Waals surface area (Å²) in [6.45, 7) is 0. The summed E-state index contributed by atoms with van der Waals surface area (Å²) in [5.74, 6) is -1.28. The maximum absolute atomic E-state index is 12.3. The molecule has 0 atom stereocenters. The summed E-state index contributed by atoms with van der Waals surface area (Å²) >= 11 is 0. The van der Waals surface area contributed by atoms with E-state index in [4.69, 9.17) is 0 Å². The lowest BCUT2D eigenvalue weighted by Crippen LogP contribution is -2.42. The molecule has 0 saturated heterocycles. The van der Waals surface area contributed by atoms with E-state index in [0.29, 0.717) is 5.69 Å². The van der Waals surface area contributed by atoms with Gasteiger partial charge in [-0.3, -0.25) is 9.59 Å². The molecular weight excluding hydrogens is 318 g/mol. The molecule has 128 valence electrons. The van der Waals surface area contributed by atoms with E-state index in [2.05, 4.69) is 15.7 Å². The highest BCUT2D eigenvalue weighted by molar-refractivity contribution is 6.39. The highest BCUT2D eigenvalue weighted by atomic mass is 16.2. The average Bonchev–Trinajstić information content (AvgIpc) is 3.05. The van der Waals surface area contributed by atoms with Gasteiger partial charge in [-0.15, -0.1) is 0 Å². The number of hydrogen-bond donors (Lipinski definition) is 2. The van der Waals surface area contributed by atoms with Gasteiger partial charge in [-0.25, -0.2) is 4.68 Å². The molecule has 7 heteroatoms. The van der Waals surface area contributed by atoms with Crippen LogP contribution in [-0.4, -0.2) is 27.6 Å². The Bertz CT molecular complexity index is 801. The molecule has 1 aliphatic carbocycles. The van der Waals surface area contributed by atoms with Gasteiger partial charge in [0.25, 0.3) is 0 Å². The third-order valence-electron chi connectivity index (χ3n) is 4.27. The molecule has 1 fully saturated rings. The highest BCUT2D eigenvalue weighted by Gasteiger charge is 2.23. The van der Waals surface area contributed by atoms with Gasteiger partial charge in [0.2, 0.25) is 0 Å². The van der Waals surface area contributed by atoms with Crippen LogP contribution in [0.15, 0.2) is 36.5 Å². The molecule has 2 aromatic rings. The van der Waals surface area contributed by atoms with Crippen LogP contribution in [0.25, 0.3) is 5.69 Å². The van der Waals surface area contributed by atoms with Gasteiger partial charge >= 0.3 is 11.8 Å². The second-order valence-corrected chi connectivity index (χ2v) is 6.03. The first-order valence-electron chi connectivity index (χ1n) is 8.34. The van der Waals surface area contributed by atoms with Crippen LogP contribution in [0, 0.1) is 11.3 Å². The zero-order chi connectivity index (χ0) is 17.6. The molecule has 1 aromatic carbocycles. The van der Waals surface area contributed by atoms with E-state index >= 15 is 0 Å². The lowest BCUT2D eigenvalue weighted by atomic mass is 9.95. The van der Waals surface area contributed by atoms with Crippen molar-refractivity contribution in [3.05, 3.63) is 42.1 Å². The second kappa shape index (κ2) is 7.62. The monoisotopic (exact) mass is 337 g/mol. The summed E-state index contributed by atoms with van der Waals surface area (Å²) in [5, 5.41) is 18.7. The fraction of sp³-hybridized carbons (Fsp3) is 0.333. The Labute approximate surface area is 145 Å². The van der Waals surface area contributed by atoms with Crippen molar-refractivity contribution < 1.29 is 9.59 Å². The predicted octanol–water partition coefficient (Wildman–Crippen LogP) is 2.13. The quantitative estimate of drug-likeness (QED) is 0.838. The number of benzene rings is 1. The van der Waals surface area contributed by atoms with Crippen LogP contribution in [-0.2, 0) is 9.59 Å². The molecule has 0 unspecified atom stereocenters. The Morgan fingerprint density at radius 2 is 1.84 bits per heavy atom. The largest absolute Gasteiger partial charge is 0.345 e. The number of amides is 2.